The minimum absolute atomic E-state index is 0.180. The highest BCUT2D eigenvalue weighted by Crippen LogP contribution is 2.35. The SMILES string of the molecule is NC(=O)CCCC(N)c1cc(Cl)sc1Cl. The molecule has 1 unspecified atom stereocenters. The van der Waals surface area contributed by atoms with Gasteiger partial charge in [-0.25, -0.2) is 0 Å². The van der Waals surface area contributed by atoms with Gasteiger partial charge in [0.05, 0.1) is 8.67 Å². The summed E-state index contributed by atoms with van der Waals surface area (Å²) in [5.41, 5.74) is 11.8. The fraction of sp³-hybridized carbons (Fsp3) is 0.444. The number of halogens is 2. The number of nitrogens with two attached hydrogens (primary N) is 2. The van der Waals surface area contributed by atoms with Crippen LogP contribution in [-0.2, 0) is 4.79 Å². The maximum absolute atomic E-state index is 10.5. The third-order valence-corrected chi connectivity index (χ3v) is 3.54. The number of rotatable bonds is 5. The predicted molar refractivity (Wildman–Crippen MR) is 64.3 cm³/mol. The molecule has 84 valence electrons. The van der Waals surface area contributed by atoms with E-state index in [1.54, 1.807) is 6.07 Å². The van der Waals surface area contributed by atoms with Gasteiger partial charge in [-0.15, -0.1) is 11.3 Å². The largest absolute Gasteiger partial charge is 0.370 e. The lowest BCUT2D eigenvalue weighted by Gasteiger charge is -2.09. The first-order valence-electron chi connectivity index (χ1n) is 4.49. The van der Waals surface area contributed by atoms with Gasteiger partial charge in [-0.1, -0.05) is 23.2 Å². The molecule has 0 fully saturated rings. The second-order valence-electron chi connectivity index (χ2n) is 3.24. The second-order valence-corrected chi connectivity index (χ2v) is 5.53. The molecule has 6 heteroatoms. The monoisotopic (exact) mass is 266 g/mol. The van der Waals surface area contributed by atoms with Crippen molar-refractivity contribution in [2.24, 2.45) is 11.5 Å². The van der Waals surface area contributed by atoms with E-state index < -0.39 is 0 Å². The third-order valence-electron chi connectivity index (χ3n) is 2.02. The number of hydrogen-bond donors (Lipinski definition) is 2. The zero-order chi connectivity index (χ0) is 11.4. The summed E-state index contributed by atoms with van der Waals surface area (Å²) in [5, 5.41) is 0. The fourth-order valence-corrected chi connectivity index (χ4v) is 2.85. The Bertz CT molecular complexity index is 354. The lowest BCUT2D eigenvalue weighted by molar-refractivity contribution is -0.118. The van der Waals surface area contributed by atoms with E-state index in [9.17, 15) is 4.79 Å². The minimum atomic E-state index is -0.309. The van der Waals surface area contributed by atoms with Gasteiger partial charge in [0.2, 0.25) is 5.91 Å². The summed E-state index contributed by atoms with van der Waals surface area (Å²) in [6, 6.07) is 1.59. The lowest BCUT2D eigenvalue weighted by atomic mass is 10.1. The minimum Gasteiger partial charge on any atom is -0.370 e. The quantitative estimate of drug-likeness (QED) is 0.861. The van der Waals surface area contributed by atoms with Gasteiger partial charge >= 0.3 is 0 Å². The Morgan fingerprint density at radius 2 is 2.20 bits per heavy atom. The summed E-state index contributed by atoms with van der Waals surface area (Å²) in [5.74, 6) is -0.309. The molecule has 0 aliphatic carbocycles. The molecule has 0 saturated carbocycles. The van der Waals surface area contributed by atoms with Gasteiger partial charge < -0.3 is 11.5 Å². The van der Waals surface area contributed by atoms with Crippen LogP contribution in [0.4, 0.5) is 0 Å². The number of carbonyl (C=O) groups excluding carboxylic acids is 1. The molecule has 0 radical (unpaired) electrons. The zero-order valence-corrected chi connectivity index (χ0v) is 10.3. The van der Waals surface area contributed by atoms with Gasteiger partial charge in [0.1, 0.15) is 0 Å². The molecule has 1 aromatic rings. The molecule has 0 aromatic carbocycles. The summed E-state index contributed by atoms with van der Waals surface area (Å²) >= 11 is 13.0. The summed E-state index contributed by atoms with van der Waals surface area (Å²) in [6.45, 7) is 0. The lowest BCUT2D eigenvalue weighted by Crippen LogP contribution is -2.13. The van der Waals surface area contributed by atoms with Gasteiger partial charge in [0.25, 0.3) is 0 Å². The van der Waals surface area contributed by atoms with Crippen LogP contribution < -0.4 is 11.5 Å². The van der Waals surface area contributed by atoms with E-state index in [0.29, 0.717) is 27.9 Å². The van der Waals surface area contributed by atoms with Crippen molar-refractivity contribution in [1.82, 2.24) is 0 Å². The maximum atomic E-state index is 10.5. The first-order chi connectivity index (χ1) is 7.00. The van der Waals surface area contributed by atoms with Crippen molar-refractivity contribution in [2.45, 2.75) is 25.3 Å². The van der Waals surface area contributed by atoms with Crippen molar-refractivity contribution in [2.75, 3.05) is 0 Å². The smallest absolute Gasteiger partial charge is 0.217 e. The molecular formula is C9H12Cl2N2OS. The normalized spacial score (nSPS) is 12.7. The Morgan fingerprint density at radius 1 is 1.53 bits per heavy atom. The van der Waals surface area contributed by atoms with E-state index in [4.69, 9.17) is 34.7 Å². The van der Waals surface area contributed by atoms with Crippen molar-refractivity contribution in [1.29, 1.82) is 0 Å². The molecule has 1 rings (SSSR count). The third kappa shape index (κ3) is 3.99. The Balaban J connectivity index is 2.50. The zero-order valence-electron chi connectivity index (χ0n) is 8.00. The average molecular weight is 267 g/mol. The first-order valence-corrected chi connectivity index (χ1v) is 6.06. The molecule has 0 saturated heterocycles. The molecule has 15 heavy (non-hydrogen) atoms. The Hall–Kier alpha value is -0.290. The van der Waals surface area contributed by atoms with Crippen molar-refractivity contribution < 1.29 is 4.79 Å². The first kappa shape index (κ1) is 12.8. The Labute approximate surface area is 102 Å². The number of carbonyl (C=O) groups is 1. The van der Waals surface area contributed by atoms with Crippen molar-refractivity contribution >= 4 is 40.4 Å². The highest BCUT2D eigenvalue weighted by molar-refractivity contribution is 7.20. The molecule has 1 amide bonds. The number of amides is 1. The van der Waals surface area contributed by atoms with Crippen LogP contribution in [0.25, 0.3) is 0 Å². The van der Waals surface area contributed by atoms with Crippen molar-refractivity contribution in [3.63, 3.8) is 0 Å². The molecule has 1 heterocycles. The number of thiophene rings is 1. The molecule has 4 N–H and O–H groups in total. The maximum Gasteiger partial charge on any atom is 0.217 e. The van der Waals surface area contributed by atoms with Crippen LogP contribution in [0.15, 0.2) is 6.07 Å². The number of primary amides is 1. The highest BCUT2D eigenvalue weighted by Gasteiger charge is 2.13. The second kappa shape index (κ2) is 5.70. The van der Waals surface area contributed by atoms with E-state index in [1.807, 2.05) is 0 Å². The van der Waals surface area contributed by atoms with E-state index >= 15 is 0 Å². The summed E-state index contributed by atoms with van der Waals surface area (Å²) < 4.78 is 1.24. The van der Waals surface area contributed by atoms with Crippen LogP contribution >= 0.6 is 34.5 Å². The van der Waals surface area contributed by atoms with E-state index in [1.165, 1.54) is 11.3 Å². The average Bonchev–Trinajstić information content (AvgIpc) is 2.44. The van der Waals surface area contributed by atoms with Gasteiger partial charge in [0.15, 0.2) is 0 Å². The van der Waals surface area contributed by atoms with Crippen molar-refractivity contribution in [3.05, 3.63) is 20.3 Å². The van der Waals surface area contributed by atoms with Crippen LogP contribution in [0.2, 0.25) is 8.67 Å². The van der Waals surface area contributed by atoms with Crippen LogP contribution in [-0.4, -0.2) is 5.91 Å². The van der Waals surface area contributed by atoms with Gasteiger partial charge in [-0.3, -0.25) is 4.79 Å². The number of hydrogen-bond acceptors (Lipinski definition) is 3. The molecule has 3 nitrogen and oxygen atoms in total. The molecule has 1 aromatic heterocycles. The summed E-state index contributed by atoms with van der Waals surface area (Å²) in [7, 11) is 0. The summed E-state index contributed by atoms with van der Waals surface area (Å²) in [6.07, 6.45) is 1.69. The van der Waals surface area contributed by atoms with Gasteiger partial charge in [-0.05, 0) is 24.5 Å². The predicted octanol–water partition coefficient (Wildman–Crippen LogP) is 2.71. The highest BCUT2D eigenvalue weighted by atomic mass is 35.5. The molecule has 1 atom stereocenters. The van der Waals surface area contributed by atoms with E-state index in [-0.39, 0.29) is 11.9 Å². The molecule has 0 spiro atoms. The molecule has 0 bridgehead atoms. The Morgan fingerprint density at radius 3 is 2.67 bits per heavy atom. The molecule has 0 aliphatic heterocycles. The summed E-state index contributed by atoms with van der Waals surface area (Å²) in [4.78, 5) is 10.5. The molecule has 0 aliphatic rings. The van der Waals surface area contributed by atoms with Crippen LogP contribution in [0.3, 0.4) is 0 Å². The van der Waals surface area contributed by atoms with Crippen LogP contribution in [0, 0.1) is 0 Å². The standard InChI is InChI=1S/C9H12Cl2N2OS/c10-7-4-5(9(11)15-7)6(12)2-1-3-8(13)14/h4,6H,1-3,12H2,(H2,13,14). The fourth-order valence-electron chi connectivity index (χ4n) is 1.26. The van der Waals surface area contributed by atoms with E-state index in [0.717, 1.165) is 5.56 Å². The molecular weight excluding hydrogens is 255 g/mol. The van der Waals surface area contributed by atoms with Crippen molar-refractivity contribution in [3.8, 4) is 0 Å². The van der Waals surface area contributed by atoms with Crippen LogP contribution in [0.5, 0.6) is 0 Å². The topological polar surface area (TPSA) is 69.1 Å². The van der Waals surface area contributed by atoms with Gasteiger partial charge in [-0.2, -0.15) is 0 Å². The van der Waals surface area contributed by atoms with Crippen LogP contribution in [0.1, 0.15) is 30.9 Å². The van der Waals surface area contributed by atoms with Gasteiger partial charge in [0, 0.05) is 12.5 Å². The van der Waals surface area contributed by atoms with E-state index in [2.05, 4.69) is 0 Å². The Kier molecular flexibility index (Phi) is 4.86.